The van der Waals surface area contributed by atoms with Gasteiger partial charge in [-0.1, -0.05) is 5.16 Å². The number of nitro groups is 1. The summed E-state index contributed by atoms with van der Waals surface area (Å²) in [5, 5.41) is 17.4. The zero-order valence-electron chi connectivity index (χ0n) is 10.5. The van der Waals surface area contributed by atoms with Crippen molar-refractivity contribution in [3.8, 4) is 0 Å². The van der Waals surface area contributed by atoms with Crippen molar-refractivity contribution in [3.63, 3.8) is 0 Å². The number of non-ortho nitro benzene ring substituents is 1. The van der Waals surface area contributed by atoms with Crippen molar-refractivity contribution in [2.75, 3.05) is 5.32 Å². The van der Waals surface area contributed by atoms with Crippen molar-refractivity contribution in [1.29, 1.82) is 0 Å². The number of nitrogens with zero attached hydrogens (tertiary/aromatic N) is 3. The lowest BCUT2D eigenvalue weighted by Gasteiger charge is -1.95. The average Bonchev–Trinajstić information content (AvgIpc) is 3.00. The number of benzene rings is 1. The van der Waals surface area contributed by atoms with Crippen LogP contribution < -0.4 is 5.32 Å². The minimum atomic E-state index is -0.474. The van der Waals surface area contributed by atoms with Crippen LogP contribution in [0.2, 0.25) is 0 Å². The van der Waals surface area contributed by atoms with Crippen molar-refractivity contribution < 1.29 is 13.9 Å². The van der Waals surface area contributed by atoms with Gasteiger partial charge in [0.2, 0.25) is 0 Å². The molecule has 0 aliphatic rings. The molecule has 0 unspecified atom stereocenters. The fraction of sp³-hybridized carbons (Fsp3) is 0.167. The van der Waals surface area contributed by atoms with Gasteiger partial charge in [0.1, 0.15) is 5.52 Å². The van der Waals surface area contributed by atoms with E-state index in [2.05, 4.69) is 15.5 Å². The Morgan fingerprint density at radius 1 is 1.40 bits per heavy atom. The molecule has 0 aliphatic carbocycles. The van der Waals surface area contributed by atoms with Gasteiger partial charge in [0.05, 0.1) is 17.2 Å². The summed E-state index contributed by atoms with van der Waals surface area (Å²) in [6, 6.07) is 6.32. The summed E-state index contributed by atoms with van der Waals surface area (Å²) in [7, 11) is 0. The predicted molar refractivity (Wildman–Crippen MR) is 69.2 cm³/mol. The highest BCUT2D eigenvalue weighted by Gasteiger charge is 2.11. The van der Waals surface area contributed by atoms with Gasteiger partial charge in [-0.2, -0.15) is 4.98 Å². The topological polar surface area (TPSA) is 107 Å². The molecule has 0 spiro atoms. The Labute approximate surface area is 112 Å². The summed E-state index contributed by atoms with van der Waals surface area (Å²) in [6.45, 7) is 2.20. The summed E-state index contributed by atoms with van der Waals surface area (Å²) < 4.78 is 10.5. The average molecular weight is 274 g/mol. The molecule has 0 saturated carbocycles. The first-order valence-corrected chi connectivity index (χ1v) is 5.83. The van der Waals surface area contributed by atoms with Crippen LogP contribution in [0.3, 0.4) is 0 Å². The molecule has 0 atom stereocenters. The summed E-state index contributed by atoms with van der Waals surface area (Å²) in [4.78, 5) is 14.3. The number of hydrogen-bond donors (Lipinski definition) is 1. The van der Waals surface area contributed by atoms with Gasteiger partial charge in [-0.25, -0.2) is 0 Å². The van der Waals surface area contributed by atoms with Crippen LogP contribution in [-0.2, 0) is 6.54 Å². The third-order valence-corrected chi connectivity index (χ3v) is 2.67. The number of anilines is 1. The summed E-state index contributed by atoms with van der Waals surface area (Å²) >= 11 is 0. The molecule has 3 rings (SSSR count). The first kappa shape index (κ1) is 12.2. The van der Waals surface area contributed by atoms with E-state index < -0.39 is 4.92 Å². The molecular formula is C12H10N4O4. The van der Waals surface area contributed by atoms with E-state index in [1.165, 1.54) is 18.2 Å². The number of aromatic nitrogens is 2. The normalized spacial score (nSPS) is 10.8. The summed E-state index contributed by atoms with van der Waals surface area (Å²) in [5.41, 5.74) is 1.67. The molecule has 1 N–H and O–H groups in total. The molecular weight excluding hydrogens is 264 g/mol. The monoisotopic (exact) mass is 274 g/mol. The summed E-state index contributed by atoms with van der Waals surface area (Å²) in [6.07, 6.45) is 0. The maximum Gasteiger partial charge on any atom is 0.296 e. The van der Waals surface area contributed by atoms with Gasteiger partial charge in [-0.3, -0.25) is 10.1 Å². The zero-order chi connectivity index (χ0) is 14.1. The maximum atomic E-state index is 10.7. The van der Waals surface area contributed by atoms with Gasteiger partial charge in [-0.05, 0) is 13.0 Å². The largest absolute Gasteiger partial charge is 0.424 e. The Kier molecular flexibility index (Phi) is 2.82. The van der Waals surface area contributed by atoms with Crippen LogP contribution in [0.1, 0.15) is 11.5 Å². The molecule has 2 heterocycles. The van der Waals surface area contributed by atoms with Gasteiger partial charge in [0, 0.05) is 18.2 Å². The number of nitrogens with one attached hydrogen (secondary N) is 1. The van der Waals surface area contributed by atoms with Crippen LogP contribution in [0, 0.1) is 17.0 Å². The fourth-order valence-corrected chi connectivity index (χ4v) is 1.77. The Bertz CT molecular complexity index is 777. The number of oxazole rings is 1. The molecule has 0 amide bonds. The molecule has 8 nitrogen and oxygen atoms in total. The molecule has 20 heavy (non-hydrogen) atoms. The van der Waals surface area contributed by atoms with E-state index in [4.69, 9.17) is 8.94 Å². The molecule has 0 saturated heterocycles. The molecule has 8 heteroatoms. The van der Waals surface area contributed by atoms with Gasteiger partial charge in [0.25, 0.3) is 11.7 Å². The highest BCUT2D eigenvalue weighted by atomic mass is 16.6. The second-order valence-corrected chi connectivity index (χ2v) is 4.22. The first-order chi connectivity index (χ1) is 9.61. The van der Waals surface area contributed by atoms with Crippen LogP contribution in [0.25, 0.3) is 11.1 Å². The Hall–Kier alpha value is -2.90. The maximum absolute atomic E-state index is 10.7. The molecule has 1 aromatic carbocycles. The van der Waals surface area contributed by atoms with E-state index in [0.717, 1.165) is 5.69 Å². The third kappa shape index (κ3) is 2.30. The van der Waals surface area contributed by atoms with Crippen LogP contribution >= 0.6 is 0 Å². The van der Waals surface area contributed by atoms with Crippen LogP contribution in [-0.4, -0.2) is 15.1 Å². The van der Waals surface area contributed by atoms with E-state index in [1.807, 2.05) is 6.92 Å². The third-order valence-electron chi connectivity index (χ3n) is 2.67. The molecule has 0 fully saturated rings. The van der Waals surface area contributed by atoms with Crippen molar-refractivity contribution in [1.82, 2.24) is 10.1 Å². The Balaban J connectivity index is 1.80. The van der Waals surface area contributed by atoms with Crippen LogP contribution in [0.15, 0.2) is 33.2 Å². The molecule has 3 aromatic rings. The minimum Gasteiger partial charge on any atom is -0.424 e. The SMILES string of the molecule is Cc1cc(CNc2nc3cc([N+](=O)[O-])ccc3o2)on1. The Morgan fingerprint density at radius 3 is 2.95 bits per heavy atom. The quantitative estimate of drug-likeness (QED) is 0.575. The minimum absolute atomic E-state index is 0.0248. The smallest absolute Gasteiger partial charge is 0.296 e. The van der Waals surface area contributed by atoms with Crippen molar-refractivity contribution in [2.24, 2.45) is 0 Å². The number of aryl methyl sites for hydroxylation is 1. The number of nitro benzene ring substituents is 1. The van der Waals surface area contributed by atoms with Gasteiger partial charge < -0.3 is 14.3 Å². The standard InChI is InChI=1S/C12H10N4O4/c1-7-4-9(20-15-7)6-13-12-14-10-5-8(16(17)18)2-3-11(10)19-12/h2-5H,6H2,1H3,(H,13,14). The molecule has 0 aliphatic heterocycles. The number of hydrogen-bond acceptors (Lipinski definition) is 7. The van der Waals surface area contributed by atoms with Crippen LogP contribution in [0.5, 0.6) is 0 Å². The van der Waals surface area contributed by atoms with Crippen molar-refractivity contribution in [3.05, 3.63) is 45.8 Å². The summed E-state index contributed by atoms with van der Waals surface area (Å²) in [5.74, 6) is 0.649. The van der Waals surface area contributed by atoms with E-state index in [9.17, 15) is 10.1 Å². The zero-order valence-corrected chi connectivity index (χ0v) is 10.5. The van der Waals surface area contributed by atoms with Gasteiger partial charge >= 0.3 is 0 Å². The fourth-order valence-electron chi connectivity index (χ4n) is 1.77. The van der Waals surface area contributed by atoms with Gasteiger partial charge in [0.15, 0.2) is 11.3 Å². The highest BCUT2D eigenvalue weighted by Crippen LogP contribution is 2.23. The van der Waals surface area contributed by atoms with E-state index >= 15 is 0 Å². The van der Waals surface area contributed by atoms with Crippen LogP contribution in [0.4, 0.5) is 11.7 Å². The lowest BCUT2D eigenvalue weighted by molar-refractivity contribution is -0.384. The molecule has 102 valence electrons. The molecule has 0 bridgehead atoms. The Morgan fingerprint density at radius 2 is 2.25 bits per heavy atom. The van der Waals surface area contributed by atoms with E-state index in [1.54, 1.807) is 6.07 Å². The lowest BCUT2D eigenvalue weighted by Crippen LogP contribution is -1.97. The second kappa shape index (κ2) is 4.65. The lowest BCUT2D eigenvalue weighted by atomic mass is 10.3. The predicted octanol–water partition coefficient (Wildman–Crippen LogP) is 2.64. The van der Waals surface area contributed by atoms with E-state index in [0.29, 0.717) is 23.4 Å². The highest BCUT2D eigenvalue weighted by molar-refractivity contribution is 5.77. The second-order valence-electron chi connectivity index (χ2n) is 4.22. The first-order valence-electron chi connectivity index (χ1n) is 5.83. The van der Waals surface area contributed by atoms with Crippen molar-refractivity contribution >= 4 is 22.8 Å². The van der Waals surface area contributed by atoms with Gasteiger partial charge in [-0.15, -0.1) is 0 Å². The van der Waals surface area contributed by atoms with Crippen molar-refractivity contribution in [2.45, 2.75) is 13.5 Å². The van der Waals surface area contributed by atoms with E-state index in [-0.39, 0.29) is 11.7 Å². The number of fused-ring (bicyclic) bond motifs is 1. The molecule has 0 radical (unpaired) electrons. The number of rotatable bonds is 4. The molecule has 2 aromatic heterocycles.